The molecule has 3 fully saturated rings. The second-order valence-electron chi connectivity index (χ2n) is 24.4. The van der Waals surface area contributed by atoms with Crippen LogP contribution in [0.3, 0.4) is 0 Å². The van der Waals surface area contributed by atoms with E-state index in [1.807, 2.05) is 0 Å². The van der Waals surface area contributed by atoms with Gasteiger partial charge in [0.1, 0.15) is 41.9 Å². The molecule has 3 amide bonds. The molecular weight excluding hydrogens is 1510 g/mol. The van der Waals surface area contributed by atoms with Crippen LogP contribution in [0, 0.1) is 17.3 Å². The fourth-order valence-electron chi connectivity index (χ4n) is 10.7. The number of carbonyl (C=O) groups is 3. The van der Waals surface area contributed by atoms with Crippen molar-refractivity contribution < 1.29 is 158 Å². The van der Waals surface area contributed by atoms with Gasteiger partial charge in [-0.05, 0) is 111 Å². The number of amides is 3. The van der Waals surface area contributed by atoms with E-state index in [1.54, 1.807) is 0 Å². The highest BCUT2D eigenvalue weighted by atomic mass is 32.5. The molecule has 5 rings (SSSR count). The third kappa shape index (κ3) is 32.0. The largest absolute Gasteiger partial charge is 0.464 e. The van der Waals surface area contributed by atoms with Crippen molar-refractivity contribution in [2.45, 2.75) is 165 Å². The van der Waals surface area contributed by atoms with Crippen LogP contribution in [0.5, 0.6) is 0 Å². The topological polar surface area (TPSA) is 485 Å². The van der Waals surface area contributed by atoms with Gasteiger partial charge in [0, 0.05) is 86.8 Å². The fraction of sp³-hybridized carbons (Fsp3) is 0.877. The number of unbranched alkanes of at least 4 members (excludes halogenated alkanes) is 3. The number of hydrogen-bond acceptors (Lipinski definition) is 33. The summed E-state index contributed by atoms with van der Waals surface area (Å²) in [7, 11) is 2.63. The standard InChI is InChI=1S/C57H103N3O33P4S4/c1-37(61)58-46-50(66)44-40(64)30-41(44)91-53(46)81-20-6-9-23-85-95(72,99)88-27-13-17-78-34-56(33-77-16-12-26-84-94(71,98)76-5,36-80-19-15-29-90-97(74,101)87-25-11-8-22-83-55-48(60-39(3)63)52(68)49(65)43(93-55)32-75-4)35-79-18-14-28-89-96(73,100)86-24-10-7-21-82-54-47(59-38(2)62)51(67)45-42(92-54)31-57(45,69)70/h40-46,49-53,64-70H,6-36H2,1-5H3,(H,58,61)(H,59,62)(H,60,63)(H,71,98)(H,72,99)(H,73,100)(H,74,101)/t40?,41?,42?,43?,44-,45-,46?,49-,50-,51?,52?,53+,56?,94?,95?,96?,97?/m0/s1. The monoisotopic (exact) mass is 1610 g/mol. The molecule has 12 unspecified atom stereocenters. The smallest absolute Gasteiger partial charge is 0.324 e. The number of carbonyl (C=O) groups excluding carboxylic acids is 3. The van der Waals surface area contributed by atoms with Crippen molar-refractivity contribution in [1.29, 1.82) is 0 Å². The molecule has 3 aliphatic heterocycles. The second-order valence-corrected chi connectivity index (χ2v) is 35.8. The summed E-state index contributed by atoms with van der Waals surface area (Å²) < 4.78 is 108. The number of hydrogen-bond donors (Lipinski definition) is 14. The average Bonchev–Trinajstić information content (AvgIpc) is 0.735. The molecule has 0 aromatic rings. The molecule has 5 aliphatic rings. The lowest BCUT2D eigenvalue weighted by Gasteiger charge is -2.52. The summed E-state index contributed by atoms with van der Waals surface area (Å²) in [5, 5.41) is 80.5. The highest BCUT2D eigenvalue weighted by Gasteiger charge is 2.61. The van der Waals surface area contributed by atoms with Crippen molar-refractivity contribution in [2.75, 3.05) is 140 Å². The van der Waals surface area contributed by atoms with Crippen LogP contribution in [-0.4, -0.2) is 280 Å². The Morgan fingerprint density at radius 2 is 0.931 bits per heavy atom. The fourth-order valence-corrected chi connectivity index (χ4v) is 15.1. The first-order valence-electron chi connectivity index (χ1n) is 32.9. The van der Waals surface area contributed by atoms with Gasteiger partial charge in [-0.25, -0.2) is 0 Å². The first-order valence-corrected chi connectivity index (χ1v) is 43.3. The van der Waals surface area contributed by atoms with Crippen LogP contribution in [0.2, 0.25) is 0 Å². The minimum Gasteiger partial charge on any atom is -0.464 e. The van der Waals surface area contributed by atoms with Crippen molar-refractivity contribution >= 4 is 91.8 Å². The van der Waals surface area contributed by atoms with Crippen LogP contribution in [0.4, 0.5) is 0 Å². The number of nitrogens with one attached hydrogen (secondary N) is 3. The zero-order valence-corrected chi connectivity index (χ0v) is 64.0. The predicted molar refractivity (Wildman–Crippen MR) is 367 cm³/mol. The van der Waals surface area contributed by atoms with Gasteiger partial charge in [0.2, 0.25) is 17.7 Å². The number of aliphatic hydroxyl groups excluding tert-OH is 5. The van der Waals surface area contributed by atoms with Gasteiger partial charge >= 0.3 is 38.8 Å². The maximum absolute atomic E-state index is 11.9. The first-order chi connectivity index (χ1) is 47.7. The molecular formula is C57H103N3O33P4S4. The van der Waals surface area contributed by atoms with E-state index in [0.29, 0.717) is 51.4 Å². The molecule has 0 spiro atoms. The molecule has 1 saturated heterocycles. The Morgan fingerprint density at radius 3 is 1.34 bits per heavy atom. The first kappa shape index (κ1) is 90.3. The van der Waals surface area contributed by atoms with Crippen molar-refractivity contribution in [1.82, 2.24) is 16.0 Å². The van der Waals surface area contributed by atoms with Crippen LogP contribution >= 0.6 is 26.9 Å². The summed E-state index contributed by atoms with van der Waals surface area (Å²) in [5.74, 6) is -5.57. The number of fused-ring (bicyclic) bond motifs is 2. The molecule has 44 heteroatoms. The van der Waals surface area contributed by atoms with Crippen molar-refractivity contribution in [2.24, 2.45) is 17.3 Å². The van der Waals surface area contributed by atoms with E-state index in [9.17, 15) is 69.7 Å². The maximum atomic E-state index is 11.9. The van der Waals surface area contributed by atoms with E-state index in [4.69, 9.17) is 136 Å². The Morgan fingerprint density at radius 1 is 0.525 bits per heavy atom. The number of ether oxygens (including phenoxy) is 11. The summed E-state index contributed by atoms with van der Waals surface area (Å²) in [6.45, 7) is -10.5. The van der Waals surface area contributed by atoms with E-state index in [0.717, 1.165) is 0 Å². The molecule has 101 heavy (non-hydrogen) atoms. The van der Waals surface area contributed by atoms with Gasteiger partial charge in [0.25, 0.3) is 0 Å². The van der Waals surface area contributed by atoms with Crippen LogP contribution in [0.15, 0.2) is 23.3 Å². The lowest BCUT2D eigenvalue weighted by atomic mass is 9.70. The van der Waals surface area contributed by atoms with Gasteiger partial charge < -0.3 is 160 Å². The quantitative estimate of drug-likeness (QED) is 0.0223. The lowest BCUT2D eigenvalue weighted by molar-refractivity contribution is -0.328. The summed E-state index contributed by atoms with van der Waals surface area (Å²) in [6, 6.07) is -0.878. The molecule has 0 bridgehead atoms. The maximum Gasteiger partial charge on any atom is 0.324 e. The molecule has 0 radical (unpaired) electrons. The van der Waals surface area contributed by atoms with Gasteiger partial charge in [-0.15, -0.1) is 0 Å². The Bertz CT molecular complexity index is 2810. The normalized spacial score (nSPS) is 27.6. The highest BCUT2D eigenvalue weighted by Crippen LogP contribution is 2.49. The van der Waals surface area contributed by atoms with Crippen LogP contribution in [0.1, 0.15) is 97.8 Å². The molecule has 17 atom stereocenters. The Labute approximate surface area is 607 Å². The van der Waals surface area contributed by atoms with Crippen molar-refractivity contribution in [3.8, 4) is 0 Å². The molecule has 36 nitrogen and oxygen atoms in total. The summed E-state index contributed by atoms with van der Waals surface area (Å²) in [5.41, 5.74) is -1.29. The van der Waals surface area contributed by atoms with E-state index in [1.165, 1.54) is 35.0 Å². The average molecular weight is 1610 g/mol. The van der Waals surface area contributed by atoms with Crippen LogP contribution < -0.4 is 16.0 Å². The summed E-state index contributed by atoms with van der Waals surface area (Å²) >= 11 is 20.7. The predicted octanol–water partition coefficient (Wildman–Crippen LogP) is 0.429. The zero-order chi connectivity index (χ0) is 74.4. The summed E-state index contributed by atoms with van der Waals surface area (Å²) in [4.78, 5) is 78.1. The van der Waals surface area contributed by atoms with E-state index < -0.39 is 129 Å². The molecule has 588 valence electrons. The summed E-state index contributed by atoms with van der Waals surface area (Å²) in [6.07, 6.45) is -5.81. The molecule has 0 aromatic carbocycles. The Kier molecular flexibility index (Phi) is 40.2. The molecule has 3 heterocycles. The third-order valence-corrected chi connectivity index (χ3v) is 22.5. The second kappa shape index (κ2) is 45.0. The molecule has 14 N–H and O–H groups in total. The van der Waals surface area contributed by atoms with Crippen molar-refractivity contribution in [3.63, 3.8) is 0 Å². The van der Waals surface area contributed by atoms with Crippen LogP contribution in [-0.2, 0) is 150 Å². The minimum absolute atomic E-state index is 0.00768. The minimum atomic E-state index is -3.73. The van der Waals surface area contributed by atoms with Gasteiger partial charge in [0.15, 0.2) is 18.2 Å². The molecule has 2 saturated carbocycles. The van der Waals surface area contributed by atoms with E-state index >= 15 is 0 Å². The van der Waals surface area contributed by atoms with Crippen LogP contribution in [0.25, 0.3) is 0 Å². The van der Waals surface area contributed by atoms with Gasteiger partial charge in [0.05, 0.1) is 122 Å². The van der Waals surface area contributed by atoms with E-state index in [-0.39, 0.29) is 174 Å². The number of methoxy groups -OCH3 is 1. The van der Waals surface area contributed by atoms with Gasteiger partial charge in [-0.3, -0.25) is 14.4 Å². The molecule has 0 aromatic heterocycles. The molecule has 2 aliphatic carbocycles. The highest BCUT2D eigenvalue weighted by molar-refractivity contribution is 8.08. The van der Waals surface area contributed by atoms with Gasteiger partial charge in [-0.1, -0.05) is 0 Å². The SMILES string of the molecule is COCC1OC(OCCCCOP(O)(=S)OCCCOCC(COCCCOP(O)(=S)OC)(COCCCOP(O)(=S)OCCCCOC2=C(NC(C)=O)C(O)[C@@H]3C(CC3(O)O)O2)COCCCOP(O)(=S)OCCCCO[C@@H]2OC3CC(O)[C@@H]3[C@H](O)C2NC(C)=O)=C(NC(C)=O)C(O)[C@H]1O. The van der Waals surface area contributed by atoms with Crippen molar-refractivity contribution in [3.05, 3.63) is 23.3 Å². The van der Waals surface area contributed by atoms with Gasteiger partial charge in [-0.2, -0.15) is 0 Å². The third-order valence-electron chi connectivity index (χ3n) is 15.8. The van der Waals surface area contributed by atoms with E-state index in [2.05, 4.69) is 16.0 Å². The number of rotatable bonds is 55. The lowest BCUT2D eigenvalue weighted by Crippen LogP contribution is -2.68. The zero-order valence-electron chi connectivity index (χ0n) is 57.2. The Balaban J connectivity index is 1.10. The Hall–Kier alpha value is -1.35. The number of aliphatic hydroxyl groups is 7.